The van der Waals surface area contributed by atoms with Gasteiger partial charge in [-0.2, -0.15) is 5.06 Å². The number of carbonyl (C=O) groups excluding carboxylic acids is 1. The number of hydrogen-bond acceptors (Lipinski definition) is 3. The average Bonchev–Trinajstić information content (AvgIpc) is 2.12. The first-order valence-electron chi connectivity index (χ1n) is 4.83. The highest BCUT2D eigenvalue weighted by Crippen LogP contribution is 1.98. The first kappa shape index (κ1) is 12.2. The molecule has 4 nitrogen and oxygen atoms in total. The van der Waals surface area contributed by atoms with Crippen molar-refractivity contribution >= 4 is 6.09 Å². The maximum Gasteiger partial charge on any atom is 0.433 e. The summed E-state index contributed by atoms with van der Waals surface area (Å²) in [6, 6.07) is 0. The van der Waals surface area contributed by atoms with Gasteiger partial charge in [-0.25, -0.2) is 4.79 Å². The van der Waals surface area contributed by atoms with Crippen molar-refractivity contribution in [2.75, 3.05) is 19.8 Å². The van der Waals surface area contributed by atoms with E-state index >= 15 is 0 Å². The van der Waals surface area contributed by atoms with E-state index in [0.29, 0.717) is 19.8 Å². The van der Waals surface area contributed by atoms with E-state index in [4.69, 9.17) is 9.57 Å². The van der Waals surface area contributed by atoms with Crippen LogP contribution in [0.3, 0.4) is 0 Å². The number of nitrogens with zero attached hydrogens (tertiary/aromatic N) is 1. The summed E-state index contributed by atoms with van der Waals surface area (Å²) in [7, 11) is 0. The van der Waals surface area contributed by atoms with Gasteiger partial charge in [0.05, 0.1) is 19.8 Å². The van der Waals surface area contributed by atoms with Crippen molar-refractivity contribution in [1.82, 2.24) is 5.06 Å². The van der Waals surface area contributed by atoms with Crippen molar-refractivity contribution in [3.05, 3.63) is 0 Å². The molecule has 78 valence electrons. The molecule has 0 aliphatic heterocycles. The van der Waals surface area contributed by atoms with Crippen LogP contribution in [0.5, 0.6) is 0 Å². The molecule has 0 radical (unpaired) electrons. The molecule has 0 aromatic rings. The zero-order valence-electron chi connectivity index (χ0n) is 8.71. The van der Waals surface area contributed by atoms with Crippen molar-refractivity contribution in [3.63, 3.8) is 0 Å². The second-order valence-corrected chi connectivity index (χ2v) is 2.63. The van der Waals surface area contributed by atoms with Crippen LogP contribution in [-0.4, -0.2) is 30.9 Å². The summed E-state index contributed by atoms with van der Waals surface area (Å²) in [5.74, 6) is 0. The molecule has 0 aliphatic carbocycles. The maximum atomic E-state index is 11.2. The van der Waals surface area contributed by atoms with Gasteiger partial charge in [-0.15, -0.1) is 0 Å². The van der Waals surface area contributed by atoms with Gasteiger partial charge in [0.15, 0.2) is 0 Å². The number of carbonyl (C=O) groups is 1. The largest absolute Gasteiger partial charge is 0.448 e. The predicted octanol–water partition coefficient (Wildman–Crippen LogP) is 2.20. The zero-order valence-corrected chi connectivity index (χ0v) is 8.71. The lowest BCUT2D eigenvalue weighted by atomic mass is 10.5. The topological polar surface area (TPSA) is 38.8 Å². The molecule has 13 heavy (non-hydrogen) atoms. The Balaban J connectivity index is 3.83. The highest BCUT2D eigenvalue weighted by molar-refractivity contribution is 5.66. The Labute approximate surface area is 79.8 Å². The highest BCUT2D eigenvalue weighted by Gasteiger charge is 2.13. The van der Waals surface area contributed by atoms with Crippen molar-refractivity contribution < 1.29 is 14.4 Å². The van der Waals surface area contributed by atoms with Crippen LogP contribution in [0.1, 0.15) is 33.6 Å². The lowest BCUT2D eigenvalue weighted by Crippen LogP contribution is -2.32. The van der Waals surface area contributed by atoms with E-state index in [2.05, 4.69) is 0 Å². The second-order valence-electron chi connectivity index (χ2n) is 2.63. The van der Waals surface area contributed by atoms with E-state index in [1.54, 1.807) is 6.92 Å². The molecular weight excluding hydrogens is 170 g/mol. The first-order chi connectivity index (χ1) is 6.26. The molecule has 0 saturated heterocycles. The van der Waals surface area contributed by atoms with E-state index in [9.17, 15) is 4.79 Å². The molecule has 4 heteroatoms. The molecule has 0 rings (SSSR count). The molecule has 1 amide bonds. The molecule has 0 heterocycles. The predicted molar refractivity (Wildman–Crippen MR) is 50.3 cm³/mol. The summed E-state index contributed by atoms with van der Waals surface area (Å²) in [5, 5.41) is 1.28. The molecule has 0 aromatic heterocycles. The van der Waals surface area contributed by atoms with E-state index in [1.165, 1.54) is 5.06 Å². The van der Waals surface area contributed by atoms with Crippen molar-refractivity contribution in [3.8, 4) is 0 Å². The molecule has 0 fully saturated rings. The minimum atomic E-state index is -0.391. The summed E-state index contributed by atoms with van der Waals surface area (Å²) in [4.78, 5) is 16.4. The fourth-order valence-electron chi connectivity index (χ4n) is 0.809. The lowest BCUT2D eigenvalue weighted by molar-refractivity contribution is -0.135. The third-order valence-electron chi connectivity index (χ3n) is 1.35. The van der Waals surface area contributed by atoms with Gasteiger partial charge in [-0.1, -0.05) is 13.8 Å². The van der Waals surface area contributed by atoms with Crippen molar-refractivity contribution in [2.24, 2.45) is 0 Å². The Morgan fingerprint density at radius 2 is 1.92 bits per heavy atom. The number of hydrogen-bond donors (Lipinski definition) is 0. The van der Waals surface area contributed by atoms with Gasteiger partial charge >= 0.3 is 6.09 Å². The SMILES string of the molecule is CCCON(CCC)C(=O)OCC. The molecule has 0 unspecified atom stereocenters. The first-order valence-corrected chi connectivity index (χ1v) is 4.83. The second kappa shape index (κ2) is 7.86. The normalized spacial score (nSPS) is 9.77. The van der Waals surface area contributed by atoms with Gasteiger partial charge in [0.1, 0.15) is 0 Å². The van der Waals surface area contributed by atoms with Crippen LogP contribution in [-0.2, 0) is 9.57 Å². The molecule has 0 spiro atoms. The monoisotopic (exact) mass is 189 g/mol. The minimum absolute atomic E-state index is 0.383. The molecule has 0 N–H and O–H groups in total. The van der Waals surface area contributed by atoms with E-state index in [0.717, 1.165) is 12.8 Å². The van der Waals surface area contributed by atoms with Crippen LogP contribution < -0.4 is 0 Å². The highest BCUT2D eigenvalue weighted by atomic mass is 16.7. The number of amides is 1. The Morgan fingerprint density at radius 1 is 1.23 bits per heavy atom. The maximum absolute atomic E-state index is 11.2. The van der Waals surface area contributed by atoms with Crippen LogP contribution in [0.25, 0.3) is 0 Å². The van der Waals surface area contributed by atoms with E-state index in [-0.39, 0.29) is 0 Å². The Morgan fingerprint density at radius 3 is 2.38 bits per heavy atom. The smallest absolute Gasteiger partial charge is 0.433 e. The molecule has 0 bridgehead atoms. The van der Waals surface area contributed by atoms with Crippen molar-refractivity contribution in [2.45, 2.75) is 33.6 Å². The third-order valence-corrected chi connectivity index (χ3v) is 1.35. The molecule has 0 aromatic carbocycles. The third kappa shape index (κ3) is 5.47. The summed E-state index contributed by atoms with van der Waals surface area (Å²) < 4.78 is 4.82. The summed E-state index contributed by atoms with van der Waals surface area (Å²) in [6.45, 7) is 7.28. The molecule has 0 atom stereocenters. The van der Waals surface area contributed by atoms with Gasteiger partial charge in [-0.05, 0) is 19.8 Å². The zero-order chi connectivity index (χ0) is 10.1. The standard InChI is InChI=1S/C9H19NO3/c1-4-7-10(13-8-5-2)9(11)12-6-3/h4-8H2,1-3H3. The van der Waals surface area contributed by atoms with Crippen LogP contribution in [0.15, 0.2) is 0 Å². The quantitative estimate of drug-likeness (QED) is 0.601. The van der Waals surface area contributed by atoms with Gasteiger partial charge in [-0.3, -0.25) is 4.84 Å². The van der Waals surface area contributed by atoms with Gasteiger partial charge in [0, 0.05) is 0 Å². The summed E-state index contributed by atoms with van der Waals surface area (Å²) in [6.07, 6.45) is 1.36. The number of rotatable bonds is 6. The van der Waals surface area contributed by atoms with E-state index < -0.39 is 6.09 Å². The Hall–Kier alpha value is -0.770. The summed E-state index contributed by atoms with van der Waals surface area (Å²) in [5.41, 5.74) is 0. The van der Waals surface area contributed by atoms with Crippen LogP contribution in [0, 0.1) is 0 Å². The van der Waals surface area contributed by atoms with Crippen LogP contribution in [0.2, 0.25) is 0 Å². The van der Waals surface area contributed by atoms with Crippen molar-refractivity contribution in [1.29, 1.82) is 0 Å². The lowest BCUT2D eigenvalue weighted by Gasteiger charge is -2.19. The van der Waals surface area contributed by atoms with Gasteiger partial charge < -0.3 is 4.74 Å². The van der Waals surface area contributed by atoms with Crippen LogP contribution in [0.4, 0.5) is 4.79 Å². The molecule has 0 aliphatic rings. The van der Waals surface area contributed by atoms with E-state index in [1.807, 2.05) is 13.8 Å². The number of ether oxygens (including phenoxy) is 1. The Kier molecular flexibility index (Phi) is 7.39. The van der Waals surface area contributed by atoms with Gasteiger partial charge in [0.25, 0.3) is 0 Å². The Bertz CT molecular complexity index is 139. The summed E-state index contributed by atoms with van der Waals surface area (Å²) >= 11 is 0. The molecular formula is C9H19NO3. The average molecular weight is 189 g/mol. The van der Waals surface area contributed by atoms with Crippen LogP contribution >= 0.6 is 0 Å². The fourth-order valence-corrected chi connectivity index (χ4v) is 0.809. The minimum Gasteiger partial charge on any atom is -0.448 e. The fraction of sp³-hybridized carbons (Fsp3) is 0.889. The van der Waals surface area contributed by atoms with Gasteiger partial charge in [0.2, 0.25) is 0 Å². The number of hydroxylamine groups is 2. The molecule has 0 saturated carbocycles.